The highest BCUT2D eigenvalue weighted by Crippen LogP contribution is 2.37. The topological polar surface area (TPSA) is 154 Å². The molecule has 0 bridgehead atoms. The van der Waals surface area contributed by atoms with E-state index in [-0.39, 0.29) is 47.7 Å². The summed E-state index contributed by atoms with van der Waals surface area (Å²) in [5, 5.41) is 24.4. The molecule has 2 N–H and O–H groups in total. The largest absolute Gasteiger partial charge is 0.480 e. The first kappa shape index (κ1) is 20.8. The molecule has 11 nitrogen and oxygen atoms in total. The molecule has 0 saturated carbocycles. The first-order chi connectivity index (χ1) is 14.8. The number of benzene rings is 1. The minimum atomic E-state index is -4.02. The van der Waals surface area contributed by atoms with Crippen molar-refractivity contribution in [2.75, 3.05) is 18.5 Å². The van der Waals surface area contributed by atoms with Crippen molar-refractivity contribution in [1.82, 2.24) is 8.96 Å². The molecule has 162 valence electrons. The third-order valence-corrected chi connectivity index (χ3v) is 6.96. The molecule has 0 radical (unpaired) electrons. The van der Waals surface area contributed by atoms with E-state index in [1.165, 1.54) is 24.4 Å². The zero-order valence-electron chi connectivity index (χ0n) is 16.1. The molecule has 12 heteroatoms. The highest BCUT2D eigenvalue weighted by molar-refractivity contribution is 7.90. The quantitative estimate of drug-likeness (QED) is 0.428. The van der Waals surface area contributed by atoms with Crippen molar-refractivity contribution < 1.29 is 28.0 Å². The van der Waals surface area contributed by atoms with Crippen LogP contribution in [-0.4, -0.2) is 52.1 Å². The second-order valence-electron chi connectivity index (χ2n) is 7.07. The summed E-state index contributed by atoms with van der Waals surface area (Å²) in [6.45, 7) is 0.343. The van der Waals surface area contributed by atoms with Gasteiger partial charge in [0.2, 0.25) is 0 Å². The predicted octanol–water partition coefficient (Wildman–Crippen LogP) is 2.23. The van der Waals surface area contributed by atoms with E-state index in [1.54, 1.807) is 18.2 Å². The van der Waals surface area contributed by atoms with Crippen LogP contribution in [0.3, 0.4) is 0 Å². The minimum absolute atomic E-state index is 0.0218. The molecule has 0 amide bonds. The zero-order chi connectivity index (χ0) is 22.2. The molecule has 0 aliphatic carbocycles. The number of fused-ring (bicyclic) bond motifs is 1. The Bertz CT molecular complexity index is 1270. The van der Waals surface area contributed by atoms with Gasteiger partial charge in [0.1, 0.15) is 17.4 Å². The van der Waals surface area contributed by atoms with E-state index < -0.39 is 32.1 Å². The Balaban J connectivity index is 1.90. The van der Waals surface area contributed by atoms with Gasteiger partial charge in [0.25, 0.3) is 10.0 Å². The molecule has 0 atom stereocenters. The van der Waals surface area contributed by atoms with Crippen molar-refractivity contribution in [2.45, 2.75) is 23.3 Å². The van der Waals surface area contributed by atoms with Crippen LogP contribution in [0.2, 0.25) is 0 Å². The molecule has 2 aromatic heterocycles. The number of nitrogens with one attached hydrogen (secondary N) is 1. The van der Waals surface area contributed by atoms with Crippen LogP contribution in [0.25, 0.3) is 11.0 Å². The van der Waals surface area contributed by atoms with Crippen molar-refractivity contribution in [2.24, 2.45) is 0 Å². The predicted molar refractivity (Wildman–Crippen MR) is 109 cm³/mol. The van der Waals surface area contributed by atoms with Crippen LogP contribution in [0, 0.1) is 10.1 Å². The molecule has 0 spiro atoms. The minimum Gasteiger partial charge on any atom is -0.480 e. The van der Waals surface area contributed by atoms with E-state index in [4.69, 9.17) is 4.74 Å². The Kier molecular flexibility index (Phi) is 5.11. The second kappa shape index (κ2) is 7.63. The average Bonchev–Trinajstić information content (AvgIpc) is 3.20. The Labute approximate surface area is 176 Å². The van der Waals surface area contributed by atoms with Crippen LogP contribution in [0.1, 0.15) is 12.8 Å². The number of rotatable bonds is 6. The van der Waals surface area contributed by atoms with Crippen molar-refractivity contribution in [1.29, 1.82) is 0 Å². The number of carboxylic acid groups (broad SMARTS) is 1. The third kappa shape index (κ3) is 3.49. The number of nitrogens with zero attached hydrogens (tertiary/aromatic N) is 3. The molecule has 3 aromatic rings. The summed E-state index contributed by atoms with van der Waals surface area (Å²) in [6, 6.07) is 9.04. The third-order valence-electron chi connectivity index (χ3n) is 5.28. The number of hydrogen-bond donors (Lipinski definition) is 2. The number of anilines is 1. The van der Waals surface area contributed by atoms with Gasteiger partial charge in [-0.1, -0.05) is 18.2 Å². The first-order valence-electron chi connectivity index (χ1n) is 9.31. The summed E-state index contributed by atoms with van der Waals surface area (Å²) in [4.78, 5) is 27.0. The maximum Gasteiger partial charge on any atom is 0.329 e. The van der Waals surface area contributed by atoms with Gasteiger partial charge < -0.3 is 15.2 Å². The van der Waals surface area contributed by atoms with Crippen molar-refractivity contribution in [3.8, 4) is 0 Å². The van der Waals surface area contributed by atoms with E-state index in [9.17, 15) is 28.4 Å². The maximum absolute atomic E-state index is 13.1. The molecule has 1 fully saturated rings. The Morgan fingerprint density at radius 1 is 1.23 bits per heavy atom. The number of pyridine rings is 1. The molecular formula is C19H18N4O7S. The number of ether oxygens (including phenoxy) is 1. The fourth-order valence-electron chi connectivity index (χ4n) is 3.57. The number of aliphatic carboxylic acids is 1. The normalized spacial score (nSPS) is 16.1. The van der Waals surface area contributed by atoms with Gasteiger partial charge in [-0.25, -0.2) is 22.2 Å². The number of aromatic nitrogens is 2. The molecule has 1 aliphatic rings. The average molecular weight is 446 g/mol. The summed E-state index contributed by atoms with van der Waals surface area (Å²) in [6.07, 6.45) is 2.35. The Hall–Kier alpha value is -3.51. The van der Waals surface area contributed by atoms with E-state index in [0.29, 0.717) is 0 Å². The molecule has 1 aliphatic heterocycles. The summed E-state index contributed by atoms with van der Waals surface area (Å²) in [5.41, 5.74) is -2.09. The lowest BCUT2D eigenvalue weighted by Gasteiger charge is -2.34. The molecule has 31 heavy (non-hydrogen) atoms. The maximum atomic E-state index is 13.1. The van der Waals surface area contributed by atoms with Crippen LogP contribution in [0.15, 0.2) is 53.7 Å². The van der Waals surface area contributed by atoms with Gasteiger partial charge >= 0.3 is 11.7 Å². The number of carboxylic acids is 1. The van der Waals surface area contributed by atoms with Crippen molar-refractivity contribution in [3.63, 3.8) is 0 Å². The second-order valence-corrected chi connectivity index (χ2v) is 8.88. The molecule has 1 aromatic carbocycles. The molecule has 4 rings (SSSR count). The van der Waals surface area contributed by atoms with Crippen LogP contribution in [0.5, 0.6) is 0 Å². The summed E-state index contributed by atoms with van der Waals surface area (Å²) >= 11 is 0. The highest BCUT2D eigenvalue weighted by Gasteiger charge is 2.42. The first-order valence-corrected chi connectivity index (χ1v) is 10.7. The van der Waals surface area contributed by atoms with Crippen LogP contribution < -0.4 is 5.32 Å². The van der Waals surface area contributed by atoms with Gasteiger partial charge in [0, 0.05) is 32.3 Å². The van der Waals surface area contributed by atoms with E-state index in [2.05, 4.69) is 10.3 Å². The highest BCUT2D eigenvalue weighted by atomic mass is 32.2. The zero-order valence-corrected chi connectivity index (χ0v) is 16.9. The monoisotopic (exact) mass is 446 g/mol. The lowest BCUT2D eigenvalue weighted by Crippen LogP contribution is -2.50. The van der Waals surface area contributed by atoms with Gasteiger partial charge in [-0.3, -0.25) is 10.1 Å². The number of hydrogen-bond acceptors (Lipinski definition) is 8. The fourth-order valence-corrected chi connectivity index (χ4v) is 4.90. The number of nitro groups is 1. The van der Waals surface area contributed by atoms with Gasteiger partial charge in [-0.15, -0.1) is 0 Å². The van der Waals surface area contributed by atoms with Crippen molar-refractivity contribution >= 4 is 38.4 Å². The van der Waals surface area contributed by atoms with Crippen molar-refractivity contribution in [3.05, 3.63) is 58.9 Å². The van der Waals surface area contributed by atoms with E-state index >= 15 is 0 Å². The van der Waals surface area contributed by atoms with Gasteiger partial charge in [0.15, 0.2) is 5.65 Å². The molecule has 3 heterocycles. The van der Waals surface area contributed by atoms with Gasteiger partial charge in [-0.05, 0) is 18.2 Å². The standard InChI is InChI=1S/C19H18N4O7S/c24-18(25)19(7-10-30-11-8-19)21-16-14-6-9-22(17(14)20-12-15(16)23(26)27)31(28,29)13-4-2-1-3-5-13/h1-6,9,12H,7-8,10-11H2,(H,20,21)(H,24,25). The van der Waals surface area contributed by atoms with E-state index in [1.807, 2.05) is 0 Å². The summed E-state index contributed by atoms with van der Waals surface area (Å²) in [5.74, 6) is -1.17. The smallest absolute Gasteiger partial charge is 0.329 e. The Morgan fingerprint density at radius 2 is 1.90 bits per heavy atom. The fraction of sp³-hybridized carbons (Fsp3) is 0.263. The molecular weight excluding hydrogens is 428 g/mol. The lowest BCUT2D eigenvalue weighted by molar-refractivity contribution is -0.384. The molecule has 1 saturated heterocycles. The Morgan fingerprint density at radius 3 is 2.52 bits per heavy atom. The van der Waals surface area contributed by atoms with Gasteiger partial charge in [-0.2, -0.15) is 0 Å². The number of carbonyl (C=O) groups is 1. The van der Waals surface area contributed by atoms with Crippen LogP contribution in [0.4, 0.5) is 11.4 Å². The summed E-state index contributed by atoms with van der Waals surface area (Å²) in [7, 11) is -4.02. The van der Waals surface area contributed by atoms with Gasteiger partial charge in [0.05, 0.1) is 15.2 Å². The van der Waals surface area contributed by atoms with Crippen LogP contribution >= 0.6 is 0 Å². The summed E-state index contributed by atoms with van der Waals surface area (Å²) < 4.78 is 32.3. The van der Waals surface area contributed by atoms with Crippen LogP contribution in [-0.2, 0) is 19.6 Å². The van der Waals surface area contributed by atoms with E-state index in [0.717, 1.165) is 10.2 Å². The lowest BCUT2D eigenvalue weighted by atomic mass is 9.89. The SMILES string of the molecule is O=C(O)C1(Nc2c([N+](=O)[O-])cnc3c2ccn3S(=O)(=O)c2ccccc2)CCOCC1. The molecule has 0 unspecified atom stereocenters.